The van der Waals surface area contributed by atoms with E-state index in [2.05, 4.69) is 4.98 Å². The summed E-state index contributed by atoms with van der Waals surface area (Å²) >= 11 is 0. The molecule has 2 N–H and O–H groups in total. The van der Waals surface area contributed by atoms with Crippen molar-refractivity contribution in [3.05, 3.63) is 87.5 Å². The Balaban J connectivity index is 1.56. The summed E-state index contributed by atoms with van der Waals surface area (Å²) in [6, 6.07) is 16.5. The van der Waals surface area contributed by atoms with Crippen LogP contribution in [0.1, 0.15) is 21.5 Å². The lowest BCUT2D eigenvalue weighted by atomic mass is 10.00. The summed E-state index contributed by atoms with van der Waals surface area (Å²) in [5.74, 6) is 0.852. The highest BCUT2D eigenvalue weighted by atomic mass is 16.7. The van der Waals surface area contributed by atoms with Crippen LogP contribution < -0.4 is 9.47 Å². The van der Waals surface area contributed by atoms with Crippen molar-refractivity contribution in [3.8, 4) is 17.4 Å². The summed E-state index contributed by atoms with van der Waals surface area (Å²) < 4.78 is 11.0. The first-order valence-electron chi connectivity index (χ1n) is 12.2. The number of nitro benzene ring substituents is 1. The molecule has 39 heavy (non-hydrogen) atoms. The second-order valence-electron chi connectivity index (χ2n) is 9.44. The number of nitrogens with one attached hydrogen (secondary N) is 1. The van der Waals surface area contributed by atoms with E-state index in [9.17, 15) is 20.0 Å². The fraction of sp³-hybridized carbons (Fsp3) is 0.214. The average Bonchev–Trinajstić information content (AvgIpc) is 3.52. The number of carbonyl (C=O) groups is 1. The first-order chi connectivity index (χ1) is 18.7. The molecule has 0 unspecified atom stereocenters. The molecule has 1 amide bonds. The molecule has 1 aliphatic rings. The van der Waals surface area contributed by atoms with Crippen molar-refractivity contribution >= 4 is 33.9 Å². The molecule has 200 valence electrons. The van der Waals surface area contributed by atoms with Gasteiger partial charge in [-0.2, -0.15) is 0 Å². The molecule has 0 saturated heterocycles. The molecular formula is C28H27N5O6. The Morgan fingerprint density at radius 2 is 1.72 bits per heavy atom. The highest BCUT2D eigenvalue weighted by Crippen LogP contribution is 2.37. The number of likely N-dealkylation sites (N-methyl/N-ethyl adjacent to an activating group) is 2. The summed E-state index contributed by atoms with van der Waals surface area (Å²) in [7, 11) is 5.67. The van der Waals surface area contributed by atoms with Gasteiger partial charge in [-0.05, 0) is 62.6 Å². The molecule has 5 rings (SSSR count). The minimum Gasteiger partial charge on any atom is -0.494 e. The molecule has 0 atom stereocenters. The number of non-ortho nitro benzene ring substituents is 1. The maximum atomic E-state index is 12.8. The molecule has 3 aromatic carbocycles. The molecule has 2 heterocycles. The number of hydrogen-bond acceptors (Lipinski definition) is 8. The maximum Gasteiger partial charge on any atom is 0.271 e. The van der Waals surface area contributed by atoms with Gasteiger partial charge in [0, 0.05) is 48.8 Å². The fourth-order valence-electron chi connectivity index (χ4n) is 4.31. The second kappa shape index (κ2) is 10.5. The molecule has 4 aromatic rings. The largest absolute Gasteiger partial charge is 0.494 e. The Morgan fingerprint density at radius 1 is 1.00 bits per heavy atom. The van der Waals surface area contributed by atoms with Gasteiger partial charge in [0.1, 0.15) is 0 Å². The van der Waals surface area contributed by atoms with Crippen molar-refractivity contribution in [2.75, 3.05) is 41.0 Å². The average molecular weight is 530 g/mol. The monoisotopic (exact) mass is 529 g/mol. The summed E-state index contributed by atoms with van der Waals surface area (Å²) in [6.07, 6.45) is 0. The van der Waals surface area contributed by atoms with Gasteiger partial charge in [-0.15, -0.1) is 0 Å². The third-order valence-corrected chi connectivity index (χ3v) is 6.44. The van der Waals surface area contributed by atoms with Crippen LogP contribution in [0.15, 0.2) is 65.7 Å². The zero-order valence-corrected chi connectivity index (χ0v) is 21.7. The lowest BCUT2D eigenvalue weighted by Crippen LogP contribution is -2.33. The Kier molecular flexibility index (Phi) is 6.90. The minimum absolute atomic E-state index is 0.0979. The van der Waals surface area contributed by atoms with Crippen LogP contribution in [0, 0.1) is 10.1 Å². The van der Waals surface area contributed by atoms with Crippen molar-refractivity contribution in [1.82, 2.24) is 14.8 Å². The molecule has 1 aromatic heterocycles. The van der Waals surface area contributed by atoms with Gasteiger partial charge in [-0.1, -0.05) is 0 Å². The molecule has 0 fully saturated rings. The van der Waals surface area contributed by atoms with Gasteiger partial charge >= 0.3 is 0 Å². The molecular weight excluding hydrogens is 502 g/mol. The predicted octanol–water partition coefficient (Wildman–Crippen LogP) is 4.31. The number of aromatic nitrogens is 1. The highest BCUT2D eigenvalue weighted by Gasteiger charge is 2.23. The Bertz CT molecular complexity index is 1590. The van der Waals surface area contributed by atoms with Crippen molar-refractivity contribution in [2.24, 2.45) is 4.99 Å². The Hall–Kier alpha value is -4.90. The van der Waals surface area contributed by atoms with Crippen LogP contribution in [0.3, 0.4) is 0 Å². The highest BCUT2D eigenvalue weighted by molar-refractivity contribution is 6.22. The zero-order valence-electron chi connectivity index (χ0n) is 21.7. The van der Waals surface area contributed by atoms with Crippen LogP contribution in [-0.4, -0.2) is 77.5 Å². The minimum atomic E-state index is -0.495. The van der Waals surface area contributed by atoms with Crippen LogP contribution in [0.2, 0.25) is 0 Å². The lowest BCUT2D eigenvalue weighted by molar-refractivity contribution is -0.384. The number of fused-ring (bicyclic) bond motifs is 2. The van der Waals surface area contributed by atoms with E-state index >= 15 is 0 Å². The summed E-state index contributed by atoms with van der Waals surface area (Å²) in [6.45, 7) is 1.45. The Morgan fingerprint density at radius 3 is 2.44 bits per heavy atom. The second-order valence-corrected chi connectivity index (χ2v) is 9.44. The summed E-state index contributed by atoms with van der Waals surface area (Å²) in [5.41, 5.74) is 2.79. The van der Waals surface area contributed by atoms with Crippen LogP contribution in [0.4, 0.5) is 11.4 Å². The molecule has 1 aliphatic heterocycles. The van der Waals surface area contributed by atoms with Gasteiger partial charge in [0.15, 0.2) is 17.4 Å². The molecule has 0 saturated carbocycles. The topological polar surface area (TPSA) is 134 Å². The fourth-order valence-corrected chi connectivity index (χ4v) is 4.31. The number of nitro groups is 1. The number of aliphatic imine (C=N–C) groups is 1. The predicted molar refractivity (Wildman–Crippen MR) is 146 cm³/mol. The van der Waals surface area contributed by atoms with Crippen LogP contribution >= 0.6 is 0 Å². The first-order valence-corrected chi connectivity index (χ1v) is 12.2. The normalized spacial score (nSPS) is 12.8. The Labute approximate surface area is 224 Å². The molecule has 0 bridgehead atoms. The van der Waals surface area contributed by atoms with Gasteiger partial charge in [-0.3, -0.25) is 14.9 Å². The van der Waals surface area contributed by atoms with Crippen molar-refractivity contribution < 1.29 is 24.3 Å². The molecule has 11 heteroatoms. The van der Waals surface area contributed by atoms with E-state index in [0.717, 1.165) is 6.54 Å². The van der Waals surface area contributed by atoms with Crippen LogP contribution in [0.5, 0.6) is 17.4 Å². The number of carbonyl (C=O) groups excluding carboxylic acids is 1. The van der Waals surface area contributed by atoms with Gasteiger partial charge in [-0.25, -0.2) is 4.99 Å². The number of benzene rings is 3. The quantitative estimate of drug-likeness (QED) is 0.197. The van der Waals surface area contributed by atoms with Gasteiger partial charge < -0.3 is 29.4 Å². The standard InChI is InChI=1S/C28H27N5O6/c1-31(2)12-13-32(3)28(35)17-4-7-19(8-5-17)29-26(18-6-11-23-24(14-18)39-16-38-23)25-21-10-9-20(33(36)37)15-22(21)30-27(25)34/h4-11,14-15,30,34H,12-13,16H2,1-3H3. The van der Waals surface area contributed by atoms with Crippen molar-refractivity contribution in [1.29, 1.82) is 0 Å². The maximum absolute atomic E-state index is 12.8. The van der Waals surface area contributed by atoms with Crippen molar-refractivity contribution in [3.63, 3.8) is 0 Å². The number of rotatable bonds is 8. The SMILES string of the molecule is CN(C)CCN(C)C(=O)c1ccc(N=C(c2ccc3c(c2)OCO3)c2c(O)[nH]c3cc([N+](=O)[O-])ccc23)cc1. The number of aromatic amines is 1. The third-order valence-electron chi connectivity index (χ3n) is 6.44. The van der Waals surface area contributed by atoms with E-state index in [1.807, 2.05) is 19.0 Å². The van der Waals surface area contributed by atoms with E-state index in [-0.39, 0.29) is 24.3 Å². The van der Waals surface area contributed by atoms with Gasteiger partial charge in [0.25, 0.3) is 11.6 Å². The molecule has 0 spiro atoms. The van der Waals surface area contributed by atoms with Crippen LogP contribution in [-0.2, 0) is 0 Å². The molecule has 0 radical (unpaired) electrons. The summed E-state index contributed by atoms with van der Waals surface area (Å²) in [4.78, 5) is 35.0. The molecule has 11 nitrogen and oxygen atoms in total. The van der Waals surface area contributed by atoms with E-state index in [0.29, 0.717) is 57.0 Å². The number of hydrogen-bond donors (Lipinski definition) is 2. The lowest BCUT2D eigenvalue weighted by Gasteiger charge is -2.19. The smallest absolute Gasteiger partial charge is 0.271 e. The molecule has 0 aliphatic carbocycles. The first kappa shape index (κ1) is 25.7. The third kappa shape index (κ3) is 5.25. The number of amides is 1. The summed E-state index contributed by atoms with van der Waals surface area (Å²) in [5, 5.41) is 22.8. The van der Waals surface area contributed by atoms with Crippen LogP contribution in [0.25, 0.3) is 10.9 Å². The van der Waals surface area contributed by atoms with E-state index < -0.39 is 4.92 Å². The van der Waals surface area contributed by atoms with E-state index in [1.54, 1.807) is 60.5 Å². The van der Waals surface area contributed by atoms with Gasteiger partial charge in [0.05, 0.1) is 27.4 Å². The van der Waals surface area contributed by atoms with Crippen molar-refractivity contribution in [2.45, 2.75) is 0 Å². The number of nitrogens with zero attached hydrogens (tertiary/aromatic N) is 4. The van der Waals surface area contributed by atoms with Gasteiger partial charge in [0.2, 0.25) is 6.79 Å². The number of H-pyrrole nitrogens is 1. The van der Waals surface area contributed by atoms with E-state index in [4.69, 9.17) is 14.5 Å². The zero-order chi connectivity index (χ0) is 27.7. The number of ether oxygens (including phenoxy) is 2. The van der Waals surface area contributed by atoms with E-state index in [1.165, 1.54) is 12.1 Å². The number of aromatic hydroxyl groups is 1.